The van der Waals surface area contributed by atoms with Gasteiger partial charge in [0.15, 0.2) is 5.82 Å². The average molecular weight is 563 g/mol. The van der Waals surface area contributed by atoms with Crippen molar-refractivity contribution in [1.82, 2.24) is 14.9 Å². The predicted molar refractivity (Wildman–Crippen MR) is 141 cm³/mol. The van der Waals surface area contributed by atoms with Crippen molar-refractivity contribution in [2.45, 2.75) is 18.6 Å². The van der Waals surface area contributed by atoms with Crippen LogP contribution in [-0.4, -0.2) is 67.2 Å². The summed E-state index contributed by atoms with van der Waals surface area (Å²) < 4.78 is 52.6. The van der Waals surface area contributed by atoms with Gasteiger partial charge in [0.2, 0.25) is 5.75 Å². The van der Waals surface area contributed by atoms with Crippen LogP contribution in [0.3, 0.4) is 0 Å². The van der Waals surface area contributed by atoms with Gasteiger partial charge < -0.3 is 29.9 Å². The smallest absolute Gasteiger partial charge is 0.416 e. The maximum absolute atomic E-state index is 13.7. The number of benzene rings is 2. The van der Waals surface area contributed by atoms with Gasteiger partial charge in [0.05, 0.1) is 17.1 Å². The van der Waals surface area contributed by atoms with E-state index in [1.165, 1.54) is 24.5 Å². The lowest BCUT2D eigenvalue weighted by Gasteiger charge is -2.23. The third kappa shape index (κ3) is 5.96. The van der Waals surface area contributed by atoms with Crippen LogP contribution in [0.25, 0.3) is 0 Å². The number of amides is 1. The minimum atomic E-state index is -4.58. The number of rotatable bonds is 6. The minimum Gasteiger partial charge on any atom is -0.483 e. The SMILES string of the molecule is CN(C)[C@@H]1CCN(c2cc(NC(=O)c3ccc(Cl)c(Oc4ncnc5c4OCCN5)c3)cc(C(F)(F)F)c2)C1. The molecule has 9 nitrogen and oxygen atoms in total. The first-order valence-corrected chi connectivity index (χ1v) is 12.6. The molecule has 0 radical (unpaired) electrons. The van der Waals surface area contributed by atoms with Crippen molar-refractivity contribution >= 4 is 34.7 Å². The van der Waals surface area contributed by atoms with E-state index in [1.807, 2.05) is 19.0 Å². The summed E-state index contributed by atoms with van der Waals surface area (Å²) >= 11 is 6.30. The van der Waals surface area contributed by atoms with Gasteiger partial charge in [-0.1, -0.05) is 11.6 Å². The molecule has 1 fully saturated rings. The van der Waals surface area contributed by atoms with Gasteiger partial charge in [0.1, 0.15) is 18.7 Å². The Morgan fingerprint density at radius 1 is 1.23 bits per heavy atom. The summed E-state index contributed by atoms with van der Waals surface area (Å²) in [5.74, 6) is 0.375. The number of carbonyl (C=O) groups excluding carboxylic acids is 1. The zero-order chi connectivity index (χ0) is 27.7. The largest absolute Gasteiger partial charge is 0.483 e. The van der Waals surface area contributed by atoms with Crippen LogP contribution in [0, 0.1) is 0 Å². The standard InChI is InChI=1S/C26H26ClF3N6O3/c1-35(2)18-5-7-36(13-18)19-11-16(26(28,29)30)10-17(12-19)34-24(37)15-3-4-20(27)21(9-15)39-25-22-23(32-14-33-25)31-6-8-38-22/h3-4,9-12,14,18H,5-8,13H2,1-2H3,(H,34,37)(H,31,32,33)/t18-/m1/s1. The molecule has 2 aliphatic heterocycles. The molecule has 3 aromatic rings. The summed E-state index contributed by atoms with van der Waals surface area (Å²) in [5.41, 5.74) is -0.290. The van der Waals surface area contributed by atoms with Gasteiger partial charge in [-0.05, 0) is 56.9 Å². The lowest BCUT2D eigenvalue weighted by Crippen LogP contribution is -2.31. The van der Waals surface area contributed by atoms with Crippen LogP contribution in [0.15, 0.2) is 42.7 Å². The first-order valence-electron chi connectivity index (χ1n) is 12.2. The molecule has 1 saturated heterocycles. The number of carbonyl (C=O) groups is 1. The Labute approximate surface area is 227 Å². The second-order valence-corrected chi connectivity index (χ2v) is 9.86. The van der Waals surface area contributed by atoms with Gasteiger partial charge in [0, 0.05) is 36.1 Å². The number of ether oxygens (including phenoxy) is 2. The third-order valence-corrected chi connectivity index (χ3v) is 6.89. The van der Waals surface area contributed by atoms with Gasteiger partial charge in [-0.25, -0.2) is 4.98 Å². The van der Waals surface area contributed by atoms with Crippen LogP contribution in [0.5, 0.6) is 17.4 Å². The van der Waals surface area contributed by atoms with Gasteiger partial charge in [-0.3, -0.25) is 4.79 Å². The van der Waals surface area contributed by atoms with Crippen LogP contribution >= 0.6 is 11.6 Å². The number of anilines is 3. The van der Waals surface area contributed by atoms with Crippen LogP contribution < -0.4 is 25.0 Å². The molecule has 0 aliphatic carbocycles. The van der Waals surface area contributed by atoms with Crippen molar-refractivity contribution in [3.8, 4) is 17.4 Å². The molecule has 2 aliphatic rings. The first kappa shape index (κ1) is 26.8. The summed E-state index contributed by atoms with van der Waals surface area (Å²) in [7, 11) is 3.89. The molecule has 206 valence electrons. The molecular formula is C26H26ClF3N6O3. The number of hydrogen-bond acceptors (Lipinski definition) is 8. The van der Waals surface area contributed by atoms with Gasteiger partial charge in [0.25, 0.3) is 11.8 Å². The molecule has 1 amide bonds. The zero-order valence-corrected chi connectivity index (χ0v) is 21.9. The third-order valence-electron chi connectivity index (χ3n) is 6.57. The first-order chi connectivity index (χ1) is 18.6. The van der Waals surface area contributed by atoms with E-state index in [9.17, 15) is 18.0 Å². The van der Waals surface area contributed by atoms with Gasteiger partial charge in [-0.15, -0.1) is 0 Å². The van der Waals surface area contributed by atoms with E-state index >= 15 is 0 Å². The Hall–Kier alpha value is -3.77. The number of likely N-dealkylation sites (N-methyl/N-ethyl adjacent to an activating group) is 1. The van der Waals surface area contributed by atoms with Crippen molar-refractivity contribution in [3.05, 3.63) is 58.9 Å². The molecule has 0 bridgehead atoms. The van der Waals surface area contributed by atoms with Crippen LogP contribution in [0.1, 0.15) is 22.3 Å². The fourth-order valence-corrected chi connectivity index (χ4v) is 4.62. The lowest BCUT2D eigenvalue weighted by molar-refractivity contribution is -0.137. The van der Waals surface area contributed by atoms with E-state index in [0.29, 0.717) is 43.5 Å². The molecule has 5 rings (SSSR count). The monoisotopic (exact) mass is 562 g/mol. The Kier molecular flexibility index (Phi) is 7.41. The molecule has 1 aromatic heterocycles. The van der Waals surface area contributed by atoms with Crippen molar-refractivity contribution in [3.63, 3.8) is 0 Å². The van der Waals surface area contributed by atoms with Crippen molar-refractivity contribution in [1.29, 1.82) is 0 Å². The quantitative estimate of drug-likeness (QED) is 0.427. The Morgan fingerprint density at radius 2 is 2.05 bits per heavy atom. The number of nitrogens with one attached hydrogen (secondary N) is 2. The summed E-state index contributed by atoms with van der Waals surface area (Å²) in [4.78, 5) is 25.3. The normalized spacial score (nSPS) is 16.9. The summed E-state index contributed by atoms with van der Waals surface area (Å²) in [6, 6.07) is 8.12. The molecule has 13 heteroatoms. The minimum absolute atomic E-state index is 0.0277. The van der Waals surface area contributed by atoms with E-state index in [0.717, 1.165) is 18.6 Å². The molecule has 39 heavy (non-hydrogen) atoms. The molecule has 0 saturated carbocycles. The molecular weight excluding hydrogens is 537 g/mol. The van der Waals surface area contributed by atoms with E-state index < -0.39 is 17.6 Å². The summed E-state index contributed by atoms with van der Waals surface area (Å²) in [5, 5.41) is 5.87. The maximum atomic E-state index is 13.7. The Bertz CT molecular complexity index is 1390. The highest BCUT2D eigenvalue weighted by Gasteiger charge is 2.33. The van der Waals surface area contributed by atoms with E-state index in [4.69, 9.17) is 21.1 Å². The fraction of sp³-hybridized carbons (Fsp3) is 0.346. The van der Waals surface area contributed by atoms with Crippen LogP contribution in [0.4, 0.5) is 30.4 Å². The highest BCUT2D eigenvalue weighted by molar-refractivity contribution is 6.32. The van der Waals surface area contributed by atoms with Crippen LogP contribution in [-0.2, 0) is 6.18 Å². The highest BCUT2D eigenvalue weighted by atomic mass is 35.5. The van der Waals surface area contributed by atoms with Crippen LogP contribution in [0.2, 0.25) is 5.02 Å². The lowest BCUT2D eigenvalue weighted by atomic mass is 10.1. The predicted octanol–water partition coefficient (Wildman–Crippen LogP) is 5.14. The number of hydrogen-bond donors (Lipinski definition) is 2. The molecule has 0 spiro atoms. The molecule has 1 atom stereocenters. The molecule has 3 heterocycles. The number of fused-ring (bicyclic) bond motifs is 1. The molecule has 2 aromatic carbocycles. The van der Waals surface area contributed by atoms with Crippen molar-refractivity contribution in [2.24, 2.45) is 0 Å². The summed E-state index contributed by atoms with van der Waals surface area (Å²) in [6.45, 7) is 2.16. The number of halogens is 4. The molecule has 0 unspecified atom stereocenters. The van der Waals surface area contributed by atoms with Crippen molar-refractivity contribution < 1.29 is 27.4 Å². The topological polar surface area (TPSA) is 91.9 Å². The van der Waals surface area contributed by atoms with Gasteiger partial charge >= 0.3 is 6.18 Å². The summed E-state index contributed by atoms with van der Waals surface area (Å²) in [6.07, 6.45) is -2.45. The van der Waals surface area contributed by atoms with Crippen molar-refractivity contribution in [2.75, 3.05) is 55.9 Å². The second kappa shape index (κ2) is 10.8. The Morgan fingerprint density at radius 3 is 2.79 bits per heavy atom. The Balaban J connectivity index is 1.39. The zero-order valence-electron chi connectivity index (χ0n) is 21.2. The second-order valence-electron chi connectivity index (χ2n) is 9.45. The fourth-order valence-electron chi connectivity index (χ4n) is 4.47. The number of alkyl halides is 3. The highest BCUT2D eigenvalue weighted by Crippen LogP contribution is 2.39. The maximum Gasteiger partial charge on any atom is 0.416 e. The van der Waals surface area contributed by atoms with E-state index in [-0.39, 0.29) is 33.9 Å². The molecule has 2 N–H and O–H groups in total. The average Bonchev–Trinajstić information content (AvgIpc) is 3.40. The number of nitrogens with zero attached hydrogens (tertiary/aromatic N) is 4. The van der Waals surface area contributed by atoms with E-state index in [1.54, 1.807) is 6.07 Å². The number of aromatic nitrogens is 2. The van der Waals surface area contributed by atoms with E-state index in [2.05, 4.69) is 25.5 Å². The van der Waals surface area contributed by atoms with Gasteiger partial charge in [-0.2, -0.15) is 18.2 Å².